The van der Waals surface area contributed by atoms with Crippen molar-refractivity contribution in [2.24, 2.45) is 0 Å². The van der Waals surface area contributed by atoms with Gasteiger partial charge in [-0.05, 0) is 26.8 Å². The van der Waals surface area contributed by atoms with E-state index in [1.165, 1.54) is 0 Å². The van der Waals surface area contributed by atoms with E-state index in [1.807, 2.05) is 6.92 Å². The summed E-state index contributed by atoms with van der Waals surface area (Å²) in [5.41, 5.74) is 0.400. The molecule has 0 spiro atoms. The van der Waals surface area contributed by atoms with Crippen molar-refractivity contribution >= 4 is 5.97 Å². The number of carboxylic acid groups (broad SMARTS) is 1. The van der Waals surface area contributed by atoms with Crippen molar-refractivity contribution in [3.05, 3.63) is 11.6 Å². The van der Waals surface area contributed by atoms with Gasteiger partial charge >= 0.3 is 5.97 Å². The third kappa shape index (κ3) is 6.34. The molecular formula is C10H19NO2. The van der Waals surface area contributed by atoms with Crippen LogP contribution in [-0.2, 0) is 4.79 Å². The van der Waals surface area contributed by atoms with E-state index < -0.39 is 5.97 Å². The molecule has 0 saturated carbocycles. The zero-order chi connectivity index (χ0) is 10.3. The molecule has 0 radical (unpaired) electrons. The molecule has 2 N–H and O–H groups in total. The second-order valence-electron chi connectivity index (χ2n) is 3.25. The van der Waals surface area contributed by atoms with Crippen LogP contribution in [0.1, 0.15) is 33.6 Å². The van der Waals surface area contributed by atoms with Gasteiger partial charge in [0.15, 0.2) is 0 Å². The molecular weight excluding hydrogens is 166 g/mol. The molecule has 0 heterocycles. The summed E-state index contributed by atoms with van der Waals surface area (Å²) in [6.07, 6.45) is 4.02. The highest BCUT2D eigenvalue weighted by Gasteiger charge is 2.02. The lowest BCUT2D eigenvalue weighted by molar-refractivity contribution is -0.132. The number of carbonyl (C=O) groups is 1. The van der Waals surface area contributed by atoms with E-state index in [1.54, 1.807) is 13.0 Å². The predicted octanol–water partition coefficient (Wildman–Crippen LogP) is 1.80. The first-order valence-corrected chi connectivity index (χ1v) is 4.73. The summed E-state index contributed by atoms with van der Waals surface area (Å²) in [4.78, 5) is 10.5. The summed E-state index contributed by atoms with van der Waals surface area (Å²) in [7, 11) is 0. The van der Waals surface area contributed by atoms with Crippen LogP contribution in [0.2, 0.25) is 0 Å². The van der Waals surface area contributed by atoms with Crippen LogP contribution in [0.5, 0.6) is 0 Å². The third-order valence-electron chi connectivity index (χ3n) is 1.83. The maximum absolute atomic E-state index is 10.5. The molecule has 3 heteroatoms. The van der Waals surface area contributed by atoms with Crippen molar-refractivity contribution < 1.29 is 9.90 Å². The van der Waals surface area contributed by atoms with Gasteiger partial charge in [0.2, 0.25) is 0 Å². The number of nitrogens with one attached hydrogen (secondary N) is 1. The largest absolute Gasteiger partial charge is 0.478 e. The molecule has 0 aliphatic rings. The predicted molar refractivity (Wildman–Crippen MR) is 53.8 cm³/mol. The summed E-state index contributed by atoms with van der Waals surface area (Å²) in [6, 6.07) is 0.141. The summed E-state index contributed by atoms with van der Waals surface area (Å²) in [5.74, 6) is -0.843. The fourth-order valence-corrected chi connectivity index (χ4v) is 1.01. The average Bonchev–Trinajstić information content (AvgIpc) is 2.04. The molecule has 13 heavy (non-hydrogen) atoms. The fraction of sp³-hybridized carbons (Fsp3) is 0.700. The number of aliphatic carboxylic acids is 1. The van der Waals surface area contributed by atoms with Crippen molar-refractivity contribution in [1.29, 1.82) is 0 Å². The molecule has 0 aromatic heterocycles. The number of hydrogen-bond acceptors (Lipinski definition) is 2. The Morgan fingerprint density at radius 3 is 2.69 bits per heavy atom. The van der Waals surface area contributed by atoms with E-state index in [-0.39, 0.29) is 6.04 Å². The van der Waals surface area contributed by atoms with Gasteiger partial charge in [-0.2, -0.15) is 0 Å². The summed E-state index contributed by atoms with van der Waals surface area (Å²) in [5, 5.41) is 11.8. The van der Waals surface area contributed by atoms with Gasteiger partial charge in [0, 0.05) is 11.6 Å². The monoisotopic (exact) mass is 185 g/mol. The topological polar surface area (TPSA) is 49.3 Å². The quantitative estimate of drug-likeness (QED) is 0.490. The first-order valence-electron chi connectivity index (χ1n) is 4.73. The molecule has 0 bridgehead atoms. The minimum absolute atomic E-state index is 0.141. The maximum atomic E-state index is 10.5. The number of unbranched alkanes of at least 4 members (excludes halogenated alkanes) is 1. The normalized spacial score (nSPS) is 14.2. The Morgan fingerprint density at radius 1 is 1.62 bits per heavy atom. The van der Waals surface area contributed by atoms with Crippen molar-refractivity contribution in [1.82, 2.24) is 5.32 Å². The number of hydrogen-bond donors (Lipinski definition) is 2. The van der Waals surface area contributed by atoms with Crippen LogP contribution in [0.3, 0.4) is 0 Å². The Hall–Kier alpha value is -0.830. The molecule has 3 nitrogen and oxygen atoms in total. The summed E-state index contributed by atoms with van der Waals surface area (Å²) < 4.78 is 0. The molecule has 76 valence electrons. The van der Waals surface area contributed by atoms with E-state index in [9.17, 15) is 4.79 Å². The molecule has 0 fully saturated rings. The second-order valence-corrected chi connectivity index (χ2v) is 3.25. The maximum Gasteiger partial charge on any atom is 0.331 e. The Morgan fingerprint density at radius 2 is 2.23 bits per heavy atom. The van der Waals surface area contributed by atoms with E-state index in [0.29, 0.717) is 5.57 Å². The third-order valence-corrected chi connectivity index (χ3v) is 1.83. The Labute approximate surface area is 79.8 Å². The summed E-state index contributed by atoms with van der Waals surface area (Å²) >= 11 is 0. The van der Waals surface area contributed by atoms with Gasteiger partial charge < -0.3 is 10.4 Å². The van der Waals surface area contributed by atoms with E-state index >= 15 is 0 Å². The van der Waals surface area contributed by atoms with Crippen LogP contribution >= 0.6 is 0 Å². The van der Waals surface area contributed by atoms with Crippen LogP contribution in [-0.4, -0.2) is 23.7 Å². The van der Waals surface area contributed by atoms with Crippen LogP contribution in [0.4, 0.5) is 0 Å². The van der Waals surface area contributed by atoms with Gasteiger partial charge in [-0.25, -0.2) is 4.79 Å². The fourth-order valence-electron chi connectivity index (χ4n) is 1.01. The van der Waals surface area contributed by atoms with Crippen molar-refractivity contribution in [3.8, 4) is 0 Å². The van der Waals surface area contributed by atoms with Crippen LogP contribution in [0.25, 0.3) is 0 Å². The van der Waals surface area contributed by atoms with Gasteiger partial charge in [0.1, 0.15) is 0 Å². The lowest BCUT2D eigenvalue weighted by Gasteiger charge is -2.09. The van der Waals surface area contributed by atoms with Crippen LogP contribution < -0.4 is 5.32 Å². The molecule has 0 saturated heterocycles. The van der Waals surface area contributed by atoms with Gasteiger partial charge in [0.25, 0.3) is 0 Å². The lowest BCUT2D eigenvalue weighted by Crippen LogP contribution is -2.25. The average molecular weight is 185 g/mol. The highest BCUT2D eigenvalue weighted by atomic mass is 16.4. The van der Waals surface area contributed by atoms with Crippen molar-refractivity contribution in [2.75, 3.05) is 6.54 Å². The molecule has 0 aromatic carbocycles. The van der Waals surface area contributed by atoms with Crippen LogP contribution in [0.15, 0.2) is 11.6 Å². The Bertz CT molecular complexity index is 187. The first kappa shape index (κ1) is 12.2. The molecule has 0 aliphatic carbocycles. The smallest absolute Gasteiger partial charge is 0.331 e. The number of carboxylic acids is 1. The standard InChI is InChI=1S/C10H19NO2/c1-4-5-6-11-9(3)7-8(2)10(12)13/h7,9,11H,4-6H2,1-3H3,(H,12,13)/b8-7+. The highest BCUT2D eigenvalue weighted by molar-refractivity contribution is 5.85. The SMILES string of the molecule is CCCCNC(C)/C=C(\C)C(=O)O. The van der Waals surface area contributed by atoms with Gasteiger partial charge in [-0.15, -0.1) is 0 Å². The van der Waals surface area contributed by atoms with Crippen molar-refractivity contribution in [2.45, 2.75) is 39.7 Å². The van der Waals surface area contributed by atoms with E-state index in [2.05, 4.69) is 12.2 Å². The molecule has 0 aromatic rings. The van der Waals surface area contributed by atoms with Crippen molar-refractivity contribution in [3.63, 3.8) is 0 Å². The van der Waals surface area contributed by atoms with E-state index in [0.717, 1.165) is 19.4 Å². The molecule has 1 atom stereocenters. The molecule has 0 aliphatic heterocycles. The minimum Gasteiger partial charge on any atom is -0.478 e. The van der Waals surface area contributed by atoms with Gasteiger partial charge in [0.05, 0.1) is 0 Å². The lowest BCUT2D eigenvalue weighted by atomic mass is 10.2. The Balaban J connectivity index is 3.78. The zero-order valence-corrected chi connectivity index (χ0v) is 8.63. The Kier molecular flexibility index (Phi) is 6.24. The highest BCUT2D eigenvalue weighted by Crippen LogP contribution is 1.96. The molecule has 1 unspecified atom stereocenters. The van der Waals surface area contributed by atoms with E-state index in [4.69, 9.17) is 5.11 Å². The minimum atomic E-state index is -0.843. The van der Waals surface area contributed by atoms with Gasteiger partial charge in [-0.1, -0.05) is 19.4 Å². The van der Waals surface area contributed by atoms with Crippen LogP contribution in [0, 0.1) is 0 Å². The molecule has 0 amide bonds. The summed E-state index contributed by atoms with van der Waals surface area (Å²) in [6.45, 7) is 6.65. The number of rotatable bonds is 6. The van der Waals surface area contributed by atoms with Gasteiger partial charge in [-0.3, -0.25) is 0 Å². The first-order chi connectivity index (χ1) is 6.07. The zero-order valence-electron chi connectivity index (χ0n) is 8.63. The second kappa shape index (κ2) is 6.66. The molecule has 0 rings (SSSR count).